The molecule has 0 aliphatic carbocycles. The lowest BCUT2D eigenvalue weighted by Gasteiger charge is -2.44. The molecule has 6 rings (SSSR count). The molecule has 0 aromatic heterocycles. The zero-order valence-corrected chi connectivity index (χ0v) is 27.0. The Labute approximate surface area is 268 Å². The second kappa shape index (κ2) is 13.8. The van der Waals surface area contributed by atoms with E-state index in [-0.39, 0.29) is 23.7 Å². The van der Waals surface area contributed by atoms with E-state index in [2.05, 4.69) is 77.2 Å². The number of benzene rings is 2. The molecule has 45 heavy (non-hydrogen) atoms. The van der Waals surface area contributed by atoms with Gasteiger partial charge in [-0.05, 0) is 63.1 Å². The van der Waals surface area contributed by atoms with Crippen LogP contribution < -0.4 is 15.8 Å². The topological polar surface area (TPSA) is 92.4 Å². The van der Waals surface area contributed by atoms with Crippen LogP contribution in [0.1, 0.15) is 74.7 Å². The van der Waals surface area contributed by atoms with Crippen molar-refractivity contribution in [1.29, 1.82) is 0 Å². The Morgan fingerprint density at radius 2 is 1.80 bits per heavy atom. The van der Waals surface area contributed by atoms with E-state index in [1.165, 1.54) is 23.0 Å². The number of para-hydroxylation sites is 1. The molecule has 4 heterocycles. The van der Waals surface area contributed by atoms with E-state index in [4.69, 9.17) is 15.2 Å². The normalized spacial score (nSPS) is 24.3. The van der Waals surface area contributed by atoms with Gasteiger partial charge in [-0.1, -0.05) is 54.6 Å². The highest BCUT2D eigenvalue weighted by atomic mass is 16.5. The van der Waals surface area contributed by atoms with Crippen LogP contribution in [0.5, 0.6) is 5.75 Å². The summed E-state index contributed by atoms with van der Waals surface area (Å²) >= 11 is 0. The number of hydrogen-bond acceptors (Lipinski definition) is 6. The first-order chi connectivity index (χ1) is 21.8. The van der Waals surface area contributed by atoms with Crippen molar-refractivity contribution in [2.75, 3.05) is 32.7 Å². The second-order valence-electron chi connectivity index (χ2n) is 13.3. The second-order valence-corrected chi connectivity index (χ2v) is 13.3. The van der Waals surface area contributed by atoms with Crippen molar-refractivity contribution in [2.24, 2.45) is 10.7 Å². The van der Waals surface area contributed by atoms with Gasteiger partial charge in [0, 0.05) is 69.3 Å². The van der Waals surface area contributed by atoms with Gasteiger partial charge in [0.15, 0.2) is 0 Å². The maximum absolute atomic E-state index is 13.7. The lowest BCUT2D eigenvalue weighted by atomic mass is 9.86. The van der Waals surface area contributed by atoms with Crippen molar-refractivity contribution >= 4 is 12.2 Å². The predicted molar refractivity (Wildman–Crippen MR) is 179 cm³/mol. The molecule has 0 radical (unpaired) electrons. The molecule has 8 nitrogen and oxygen atoms in total. The molecule has 1 amide bonds. The SMILES string of the molecule is C=C(NC[C@H]1CCC[C@@H](c2ccc(C)cc2)O1)/C(C)=C(\N=C/N)C(=O)N1CCC(N2CCC3(CC2)Cc2ccccc2O3)CC1. The Hall–Kier alpha value is -3.62. The van der Waals surface area contributed by atoms with Gasteiger partial charge in [0.05, 0.1) is 18.5 Å². The third-order valence-electron chi connectivity index (χ3n) is 10.3. The quantitative estimate of drug-likeness (QED) is 0.179. The first kappa shape index (κ1) is 31.4. The van der Waals surface area contributed by atoms with Crippen LogP contribution in [0.3, 0.4) is 0 Å². The van der Waals surface area contributed by atoms with Crippen LogP contribution in [0.4, 0.5) is 0 Å². The molecular weight excluding hydrogens is 562 g/mol. The number of hydrogen-bond donors (Lipinski definition) is 2. The number of nitrogens with one attached hydrogen (secondary N) is 1. The number of fused-ring (bicyclic) bond motifs is 1. The Morgan fingerprint density at radius 3 is 2.51 bits per heavy atom. The number of carbonyl (C=O) groups is 1. The highest BCUT2D eigenvalue weighted by molar-refractivity contribution is 5.95. The van der Waals surface area contributed by atoms with Gasteiger partial charge in [-0.15, -0.1) is 0 Å². The minimum Gasteiger partial charge on any atom is -0.487 e. The Morgan fingerprint density at radius 1 is 1.07 bits per heavy atom. The number of carbonyl (C=O) groups excluding carboxylic acids is 1. The standard InChI is InChI=1S/C37H49N5O3/c1-26-11-13-29(14-12-26)33-10-6-8-32(44-33)24-39-28(3)27(2)35(40-25-38)36(43)42-19-15-31(16-20-42)41-21-17-37(18-22-41)23-30-7-4-5-9-34(30)45-37/h4-5,7,9,11-14,25,31-33,39H,3,6,8,10,15-24H2,1-2H3,(H2,38,40)/b35-27-/t32-,33+/m1/s1. The van der Waals surface area contributed by atoms with Crippen molar-refractivity contribution in [3.63, 3.8) is 0 Å². The smallest absolute Gasteiger partial charge is 0.272 e. The summed E-state index contributed by atoms with van der Waals surface area (Å²) in [6.45, 7) is 12.4. The van der Waals surface area contributed by atoms with Gasteiger partial charge in [-0.25, -0.2) is 4.99 Å². The number of ether oxygens (including phenoxy) is 2. The molecule has 3 fully saturated rings. The zero-order chi connectivity index (χ0) is 31.4. The lowest BCUT2D eigenvalue weighted by molar-refractivity contribution is -0.129. The highest BCUT2D eigenvalue weighted by Gasteiger charge is 2.43. The van der Waals surface area contributed by atoms with Crippen molar-refractivity contribution in [3.8, 4) is 5.75 Å². The minimum atomic E-state index is -0.0846. The fourth-order valence-corrected chi connectivity index (χ4v) is 7.50. The van der Waals surface area contributed by atoms with Crippen LogP contribution in [0, 0.1) is 6.92 Å². The van der Waals surface area contributed by atoms with Gasteiger partial charge in [0.1, 0.15) is 17.0 Å². The van der Waals surface area contributed by atoms with Crippen molar-refractivity contribution in [2.45, 2.75) is 89.1 Å². The number of aryl methyl sites for hydroxylation is 1. The summed E-state index contributed by atoms with van der Waals surface area (Å²) in [4.78, 5) is 22.6. The summed E-state index contributed by atoms with van der Waals surface area (Å²) in [6.07, 6.45) is 9.55. The van der Waals surface area contributed by atoms with E-state index in [1.807, 2.05) is 11.8 Å². The van der Waals surface area contributed by atoms with Gasteiger partial charge in [-0.2, -0.15) is 0 Å². The summed E-state index contributed by atoms with van der Waals surface area (Å²) in [5.74, 6) is 0.975. The van der Waals surface area contributed by atoms with Crippen LogP contribution in [0.15, 0.2) is 77.1 Å². The average Bonchev–Trinajstić information content (AvgIpc) is 3.44. The summed E-state index contributed by atoms with van der Waals surface area (Å²) in [6, 6.07) is 17.6. The Kier molecular flexibility index (Phi) is 9.61. The Balaban J connectivity index is 0.992. The number of amides is 1. The van der Waals surface area contributed by atoms with Crippen LogP contribution >= 0.6 is 0 Å². The number of piperidine rings is 2. The van der Waals surface area contributed by atoms with Crippen molar-refractivity contribution < 1.29 is 14.3 Å². The molecule has 0 bridgehead atoms. The van der Waals surface area contributed by atoms with E-state index in [0.29, 0.717) is 42.6 Å². The lowest BCUT2D eigenvalue weighted by Crippen LogP contribution is -2.53. The van der Waals surface area contributed by atoms with E-state index in [0.717, 1.165) is 70.2 Å². The maximum Gasteiger partial charge on any atom is 0.272 e. The first-order valence-corrected chi connectivity index (χ1v) is 16.7. The van der Waals surface area contributed by atoms with Gasteiger partial charge >= 0.3 is 0 Å². The summed E-state index contributed by atoms with van der Waals surface area (Å²) in [7, 11) is 0. The van der Waals surface area contributed by atoms with Crippen LogP contribution in [-0.2, 0) is 16.0 Å². The number of likely N-dealkylation sites (tertiary alicyclic amines) is 2. The van der Waals surface area contributed by atoms with Crippen molar-refractivity contribution in [3.05, 3.63) is 88.8 Å². The first-order valence-electron chi connectivity index (χ1n) is 16.7. The van der Waals surface area contributed by atoms with E-state index < -0.39 is 0 Å². The molecule has 240 valence electrons. The largest absolute Gasteiger partial charge is 0.487 e. The minimum absolute atomic E-state index is 0.0450. The van der Waals surface area contributed by atoms with Crippen molar-refractivity contribution in [1.82, 2.24) is 15.1 Å². The fraction of sp³-hybridized carbons (Fsp3) is 0.514. The number of nitrogens with zero attached hydrogens (tertiary/aromatic N) is 3. The van der Waals surface area contributed by atoms with Crippen LogP contribution in [0.25, 0.3) is 0 Å². The maximum atomic E-state index is 13.7. The van der Waals surface area contributed by atoms with Gasteiger partial charge in [-0.3, -0.25) is 9.69 Å². The van der Waals surface area contributed by atoms with E-state index in [9.17, 15) is 4.79 Å². The third-order valence-corrected chi connectivity index (χ3v) is 10.3. The van der Waals surface area contributed by atoms with Gasteiger partial charge in [0.2, 0.25) is 0 Å². The van der Waals surface area contributed by atoms with E-state index in [1.54, 1.807) is 0 Å². The fourth-order valence-electron chi connectivity index (χ4n) is 7.50. The molecule has 3 N–H and O–H groups in total. The number of aliphatic imine (C=N–C) groups is 1. The molecule has 4 aliphatic rings. The average molecular weight is 612 g/mol. The van der Waals surface area contributed by atoms with Crippen LogP contribution in [0.2, 0.25) is 0 Å². The van der Waals surface area contributed by atoms with Crippen LogP contribution in [-0.4, -0.2) is 72.5 Å². The Bertz CT molecular complexity index is 1390. The molecule has 8 heteroatoms. The molecule has 2 aromatic carbocycles. The van der Waals surface area contributed by atoms with E-state index >= 15 is 0 Å². The van der Waals surface area contributed by atoms with Gasteiger partial charge in [0.25, 0.3) is 5.91 Å². The predicted octanol–water partition coefficient (Wildman–Crippen LogP) is 5.43. The third kappa shape index (κ3) is 7.12. The molecule has 0 unspecified atom stereocenters. The zero-order valence-electron chi connectivity index (χ0n) is 27.0. The molecule has 2 atom stereocenters. The monoisotopic (exact) mass is 611 g/mol. The van der Waals surface area contributed by atoms with Gasteiger partial charge < -0.3 is 25.4 Å². The summed E-state index contributed by atoms with van der Waals surface area (Å²) < 4.78 is 12.9. The highest BCUT2D eigenvalue weighted by Crippen LogP contribution is 2.41. The molecule has 3 saturated heterocycles. The summed E-state index contributed by atoms with van der Waals surface area (Å²) in [5.41, 5.74) is 11.2. The summed E-state index contributed by atoms with van der Waals surface area (Å²) in [5, 5.41) is 3.43. The molecule has 4 aliphatic heterocycles. The number of nitrogens with two attached hydrogens (primary N) is 1. The molecular formula is C37H49N5O3. The number of allylic oxidation sites excluding steroid dienone is 1. The number of rotatable bonds is 8. The molecule has 2 aromatic rings. The molecule has 1 spiro atoms. The molecule has 0 saturated carbocycles.